The van der Waals surface area contributed by atoms with Crippen LogP contribution in [0.3, 0.4) is 0 Å². The van der Waals surface area contributed by atoms with Gasteiger partial charge in [-0.3, -0.25) is 4.98 Å². The highest BCUT2D eigenvalue weighted by Crippen LogP contribution is 2.51. The number of fused-ring (bicyclic) bond motifs is 13. The molecular weight excluding hydrogens is 697 g/mol. The summed E-state index contributed by atoms with van der Waals surface area (Å²) in [6.45, 7) is 4.72. The summed E-state index contributed by atoms with van der Waals surface area (Å²) in [6, 6.07) is 60.2. The van der Waals surface area contributed by atoms with Crippen LogP contribution in [0.15, 0.2) is 170 Å². The van der Waals surface area contributed by atoms with Gasteiger partial charge < -0.3 is 0 Å². The summed E-state index contributed by atoms with van der Waals surface area (Å²) in [6.07, 6.45) is 1.93. The molecule has 0 bridgehead atoms. The number of nitrogens with zero attached hydrogens (tertiary/aromatic N) is 2. The van der Waals surface area contributed by atoms with Crippen LogP contribution in [0.2, 0.25) is 0 Å². The number of hydrogen-bond acceptors (Lipinski definition) is 3. The average Bonchev–Trinajstić information content (AvgIpc) is 3.75. The first kappa shape index (κ1) is 31.6. The summed E-state index contributed by atoms with van der Waals surface area (Å²) < 4.78 is 2.66. The lowest BCUT2D eigenvalue weighted by atomic mass is 9.81. The van der Waals surface area contributed by atoms with E-state index in [1.54, 1.807) is 0 Å². The van der Waals surface area contributed by atoms with Gasteiger partial charge in [0.15, 0.2) is 0 Å². The summed E-state index contributed by atoms with van der Waals surface area (Å²) >= 11 is 1.92. The molecular formula is C53H34N2S. The van der Waals surface area contributed by atoms with Crippen molar-refractivity contribution in [1.82, 2.24) is 9.97 Å². The Hall–Kier alpha value is -6.68. The fourth-order valence-electron chi connectivity index (χ4n) is 9.48. The van der Waals surface area contributed by atoms with E-state index >= 15 is 0 Å². The lowest BCUT2D eigenvalue weighted by Crippen LogP contribution is -2.14. The molecule has 0 aliphatic heterocycles. The highest BCUT2D eigenvalue weighted by molar-refractivity contribution is 7.26. The molecule has 12 rings (SSSR count). The van der Waals surface area contributed by atoms with Crippen LogP contribution in [0.4, 0.5) is 0 Å². The van der Waals surface area contributed by atoms with Gasteiger partial charge in [0.05, 0.1) is 22.9 Å². The van der Waals surface area contributed by atoms with E-state index in [0.717, 1.165) is 33.1 Å². The number of aromatic nitrogens is 2. The predicted octanol–water partition coefficient (Wildman–Crippen LogP) is 14.8. The Labute approximate surface area is 328 Å². The van der Waals surface area contributed by atoms with Crippen molar-refractivity contribution in [1.29, 1.82) is 0 Å². The summed E-state index contributed by atoms with van der Waals surface area (Å²) in [4.78, 5) is 10.3. The molecule has 0 spiro atoms. The van der Waals surface area contributed by atoms with Crippen LogP contribution in [0, 0.1) is 0 Å². The molecule has 3 heteroatoms. The highest BCUT2D eigenvalue weighted by atomic mass is 32.1. The maximum Gasteiger partial charge on any atom is 0.0979 e. The van der Waals surface area contributed by atoms with Crippen LogP contribution in [0.1, 0.15) is 25.0 Å². The molecule has 0 saturated heterocycles. The molecule has 1 aliphatic carbocycles. The lowest BCUT2D eigenvalue weighted by molar-refractivity contribution is 0.660. The minimum Gasteiger partial charge on any atom is -0.252 e. The second-order valence-electron chi connectivity index (χ2n) is 15.7. The Morgan fingerprint density at radius 3 is 1.64 bits per heavy atom. The Morgan fingerprint density at radius 2 is 0.929 bits per heavy atom. The molecule has 0 fully saturated rings. The first-order valence-corrected chi connectivity index (χ1v) is 20.1. The molecule has 0 atom stereocenters. The zero-order valence-corrected chi connectivity index (χ0v) is 31.8. The van der Waals surface area contributed by atoms with Crippen molar-refractivity contribution in [2.24, 2.45) is 0 Å². The van der Waals surface area contributed by atoms with Crippen molar-refractivity contribution in [3.63, 3.8) is 0 Å². The SMILES string of the molecule is CC1(C)c2ccccc2-c2ccc(-c3cccc4c3sc3c(-c5ccc6cc(-c7cnc8c9ccccc9c9ccccc9c8n7)ccc6c5)cccc34)cc21. The third-order valence-corrected chi connectivity index (χ3v) is 13.6. The monoisotopic (exact) mass is 730 g/mol. The molecule has 56 heavy (non-hydrogen) atoms. The quantitative estimate of drug-likeness (QED) is 0.169. The molecule has 0 amide bonds. The van der Waals surface area contributed by atoms with E-state index in [2.05, 4.69) is 178 Å². The van der Waals surface area contributed by atoms with Crippen molar-refractivity contribution < 1.29 is 0 Å². The second kappa shape index (κ2) is 11.7. The first-order chi connectivity index (χ1) is 27.5. The Bertz CT molecular complexity index is 3430. The number of hydrogen-bond donors (Lipinski definition) is 0. The first-order valence-electron chi connectivity index (χ1n) is 19.3. The minimum atomic E-state index is -0.0346. The summed E-state index contributed by atoms with van der Waals surface area (Å²) in [5, 5.41) is 9.69. The largest absolute Gasteiger partial charge is 0.252 e. The normalized spacial score (nSPS) is 13.3. The summed E-state index contributed by atoms with van der Waals surface area (Å²) in [7, 11) is 0. The van der Waals surface area contributed by atoms with Gasteiger partial charge in [0, 0.05) is 41.9 Å². The Morgan fingerprint density at radius 1 is 0.411 bits per heavy atom. The van der Waals surface area contributed by atoms with Crippen molar-refractivity contribution in [3.8, 4) is 44.6 Å². The molecule has 262 valence electrons. The van der Waals surface area contributed by atoms with E-state index in [4.69, 9.17) is 9.97 Å². The molecule has 2 heterocycles. The molecule has 11 aromatic rings. The van der Waals surface area contributed by atoms with Gasteiger partial charge >= 0.3 is 0 Å². The van der Waals surface area contributed by atoms with Gasteiger partial charge in [-0.25, -0.2) is 4.98 Å². The molecule has 0 unspecified atom stereocenters. The number of thiophene rings is 1. The van der Waals surface area contributed by atoms with Crippen LogP contribution in [-0.2, 0) is 5.41 Å². The molecule has 2 nitrogen and oxygen atoms in total. The van der Waals surface area contributed by atoms with Crippen molar-refractivity contribution in [3.05, 3.63) is 181 Å². The maximum atomic E-state index is 5.25. The van der Waals surface area contributed by atoms with Gasteiger partial charge in [-0.2, -0.15) is 0 Å². The van der Waals surface area contributed by atoms with Crippen LogP contribution >= 0.6 is 11.3 Å². The molecule has 0 N–H and O–H groups in total. The van der Waals surface area contributed by atoms with Gasteiger partial charge in [-0.1, -0.05) is 159 Å². The molecule has 0 radical (unpaired) electrons. The van der Waals surface area contributed by atoms with Gasteiger partial charge in [-0.05, 0) is 84.3 Å². The van der Waals surface area contributed by atoms with Crippen molar-refractivity contribution in [2.75, 3.05) is 0 Å². The standard InChI is InChI=1S/C53H34N2S/c1-53(2)46-20-8-7-13-40(46)41-26-25-34(29-47(41)53)37-17-10-19-45-44-18-9-16-36(51(44)56-52(37)45)33-23-21-32-28-35(24-22-31(32)27-33)48-30-54-49-42-14-5-3-11-38(42)39-12-4-6-15-43(39)50(49)55-48/h3-30H,1-2H3. The van der Waals surface area contributed by atoms with E-state index < -0.39 is 0 Å². The fraction of sp³-hybridized carbons (Fsp3) is 0.0566. The molecule has 2 aromatic heterocycles. The molecule has 9 aromatic carbocycles. The smallest absolute Gasteiger partial charge is 0.0979 e. The van der Waals surface area contributed by atoms with Crippen LogP contribution in [0.5, 0.6) is 0 Å². The third kappa shape index (κ3) is 4.49. The van der Waals surface area contributed by atoms with E-state index in [9.17, 15) is 0 Å². The molecule has 0 saturated carbocycles. The zero-order valence-electron chi connectivity index (χ0n) is 31.0. The zero-order chi connectivity index (χ0) is 37.1. The van der Waals surface area contributed by atoms with Crippen LogP contribution < -0.4 is 0 Å². The third-order valence-electron chi connectivity index (χ3n) is 12.3. The number of benzene rings is 9. The Balaban J connectivity index is 0.943. The minimum absolute atomic E-state index is 0.0346. The van der Waals surface area contributed by atoms with E-state index in [0.29, 0.717) is 0 Å². The predicted molar refractivity (Wildman–Crippen MR) is 239 cm³/mol. The van der Waals surface area contributed by atoms with Crippen molar-refractivity contribution >= 4 is 74.9 Å². The second-order valence-corrected chi connectivity index (χ2v) is 16.7. The molecule has 1 aliphatic rings. The maximum absolute atomic E-state index is 5.25. The summed E-state index contributed by atoms with van der Waals surface area (Å²) in [5.41, 5.74) is 14.4. The van der Waals surface area contributed by atoms with E-state index in [1.807, 2.05) is 17.5 Å². The Kier molecular flexibility index (Phi) is 6.59. The highest BCUT2D eigenvalue weighted by Gasteiger charge is 2.35. The van der Waals surface area contributed by atoms with E-state index in [1.165, 1.54) is 86.2 Å². The lowest BCUT2D eigenvalue weighted by Gasteiger charge is -2.22. The topological polar surface area (TPSA) is 25.8 Å². The van der Waals surface area contributed by atoms with Gasteiger partial charge in [0.1, 0.15) is 0 Å². The van der Waals surface area contributed by atoms with Gasteiger partial charge in [0.25, 0.3) is 0 Å². The van der Waals surface area contributed by atoms with Crippen LogP contribution in [-0.4, -0.2) is 9.97 Å². The van der Waals surface area contributed by atoms with Crippen molar-refractivity contribution in [2.45, 2.75) is 19.3 Å². The average molecular weight is 731 g/mol. The van der Waals surface area contributed by atoms with Crippen LogP contribution in [0.25, 0.3) is 108 Å². The van der Waals surface area contributed by atoms with Gasteiger partial charge in [-0.15, -0.1) is 11.3 Å². The van der Waals surface area contributed by atoms with E-state index in [-0.39, 0.29) is 5.41 Å². The number of rotatable bonds is 3. The fourth-order valence-corrected chi connectivity index (χ4v) is 10.9. The van der Waals surface area contributed by atoms with Gasteiger partial charge in [0.2, 0.25) is 0 Å². The summed E-state index contributed by atoms with van der Waals surface area (Å²) in [5.74, 6) is 0.